The van der Waals surface area contributed by atoms with Crippen LogP contribution >= 0.6 is 0 Å². The number of hydrogen-bond acceptors (Lipinski definition) is 5. The highest BCUT2D eigenvalue weighted by Crippen LogP contribution is 2.19. The van der Waals surface area contributed by atoms with E-state index in [1.807, 2.05) is 36.0 Å². The molecule has 142 valence electrons. The Morgan fingerprint density at radius 1 is 1.31 bits per heavy atom. The van der Waals surface area contributed by atoms with Crippen molar-refractivity contribution < 1.29 is 9.59 Å². The molecule has 7 heteroatoms. The molecule has 3 heterocycles. The third kappa shape index (κ3) is 4.52. The van der Waals surface area contributed by atoms with Crippen LogP contribution in [-0.2, 0) is 4.79 Å². The maximum Gasteiger partial charge on any atom is 0.255 e. The molecule has 1 aromatic rings. The van der Waals surface area contributed by atoms with Gasteiger partial charge in [-0.3, -0.25) is 9.59 Å². The van der Waals surface area contributed by atoms with Crippen LogP contribution in [0.4, 0.5) is 5.82 Å². The molecule has 2 saturated heterocycles. The Hall–Kier alpha value is -2.15. The van der Waals surface area contributed by atoms with E-state index in [4.69, 9.17) is 0 Å². The van der Waals surface area contributed by atoms with Gasteiger partial charge in [-0.25, -0.2) is 4.98 Å². The molecule has 2 unspecified atom stereocenters. The second kappa shape index (κ2) is 8.49. The lowest BCUT2D eigenvalue weighted by molar-refractivity contribution is -0.123. The number of pyridine rings is 1. The zero-order valence-corrected chi connectivity index (χ0v) is 15.7. The first-order chi connectivity index (χ1) is 12.5. The Morgan fingerprint density at radius 3 is 2.81 bits per heavy atom. The molecule has 7 nitrogen and oxygen atoms in total. The molecule has 2 amide bonds. The lowest BCUT2D eigenvalue weighted by atomic mass is 9.97. The molecule has 0 radical (unpaired) electrons. The largest absolute Gasteiger partial charge is 0.363 e. The minimum absolute atomic E-state index is 0.0243. The zero-order valence-electron chi connectivity index (χ0n) is 15.7. The van der Waals surface area contributed by atoms with Crippen molar-refractivity contribution >= 4 is 17.6 Å². The van der Waals surface area contributed by atoms with Gasteiger partial charge in [-0.2, -0.15) is 0 Å². The van der Waals surface area contributed by atoms with Crippen LogP contribution in [0.15, 0.2) is 18.3 Å². The van der Waals surface area contributed by atoms with Crippen LogP contribution in [0.5, 0.6) is 0 Å². The first kappa shape index (κ1) is 18.6. The number of amides is 2. The van der Waals surface area contributed by atoms with E-state index in [0.717, 1.165) is 44.6 Å². The molecule has 26 heavy (non-hydrogen) atoms. The summed E-state index contributed by atoms with van der Waals surface area (Å²) in [7, 11) is 3.85. The van der Waals surface area contributed by atoms with Gasteiger partial charge in [0.2, 0.25) is 5.91 Å². The second-order valence-corrected chi connectivity index (χ2v) is 7.45. The zero-order chi connectivity index (χ0) is 18.5. The fourth-order valence-electron chi connectivity index (χ4n) is 3.65. The summed E-state index contributed by atoms with van der Waals surface area (Å²) in [5.74, 6) is 1.26. The standard InChI is InChI=1S/C19H29N5O2/c1-23(2)17-8-7-15(12-21-17)19(26)24-10-4-5-14(13-24)11-22-18(25)16-6-3-9-20-16/h7-8,12,14,16,20H,3-6,9-11,13H2,1-2H3,(H,22,25). The molecule has 1 aromatic heterocycles. The van der Waals surface area contributed by atoms with Crippen molar-refractivity contribution in [1.29, 1.82) is 0 Å². The fraction of sp³-hybridized carbons (Fsp3) is 0.632. The number of hydrogen-bond donors (Lipinski definition) is 2. The summed E-state index contributed by atoms with van der Waals surface area (Å²) >= 11 is 0. The van der Waals surface area contributed by atoms with Crippen LogP contribution in [-0.4, -0.2) is 68.0 Å². The molecular formula is C19H29N5O2. The summed E-state index contributed by atoms with van der Waals surface area (Å²) in [6.45, 7) is 3.01. The first-order valence-corrected chi connectivity index (χ1v) is 9.48. The summed E-state index contributed by atoms with van der Waals surface area (Å²) < 4.78 is 0. The van der Waals surface area contributed by atoms with Gasteiger partial charge < -0.3 is 20.4 Å². The number of nitrogens with zero attached hydrogens (tertiary/aromatic N) is 3. The average molecular weight is 359 g/mol. The molecular weight excluding hydrogens is 330 g/mol. The predicted octanol–water partition coefficient (Wildman–Crippen LogP) is 0.868. The van der Waals surface area contributed by atoms with Crippen molar-refractivity contribution in [2.24, 2.45) is 5.92 Å². The fourth-order valence-corrected chi connectivity index (χ4v) is 3.65. The Kier molecular flexibility index (Phi) is 6.08. The van der Waals surface area contributed by atoms with Gasteiger partial charge in [-0.1, -0.05) is 0 Å². The van der Waals surface area contributed by atoms with Crippen molar-refractivity contribution in [2.45, 2.75) is 31.7 Å². The Labute approximate surface area is 155 Å². The summed E-state index contributed by atoms with van der Waals surface area (Å²) in [5, 5.41) is 6.27. The van der Waals surface area contributed by atoms with Crippen molar-refractivity contribution in [3.8, 4) is 0 Å². The van der Waals surface area contributed by atoms with Crippen molar-refractivity contribution in [2.75, 3.05) is 45.2 Å². The summed E-state index contributed by atoms with van der Waals surface area (Å²) in [6.07, 6.45) is 5.63. The summed E-state index contributed by atoms with van der Waals surface area (Å²) in [6, 6.07) is 3.66. The van der Waals surface area contributed by atoms with Crippen molar-refractivity contribution in [3.63, 3.8) is 0 Å². The number of nitrogens with one attached hydrogen (secondary N) is 2. The normalized spacial score (nSPS) is 22.9. The summed E-state index contributed by atoms with van der Waals surface area (Å²) in [5.41, 5.74) is 0.621. The van der Waals surface area contributed by atoms with Gasteiger partial charge in [0.15, 0.2) is 0 Å². The molecule has 2 aliphatic heterocycles. The van der Waals surface area contributed by atoms with E-state index in [-0.39, 0.29) is 17.9 Å². The number of carbonyl (C=O) groups excluding carboxylic acids is 2. The topological polar surface area (TPSA) is 77.6 Å². The van der Waals surface area contributed by atoms with Crippen LogP contribution < -0.4 is 15.5 Å². The first-order valence-electron chi connectivity index (χ1n) is 9.48. The van der Waals surface area contributed by atoms with Crippen LogP contribution in [0.3, 0.4) is 0 Å². The minimum atomic E-state index is -0.0439. The molecule has 2 fully saturated rings. The van der Waals surface area contributed by atoms with Gasteiger partial charge in [0.1, 0.15) is 5.82 Å². The van der Waals surface area contributed by atoms with Gasteiger partial charge in [0.05, 0.1) is 11.6 Å². The SMILES string of the molecule is CN(C)c1ccc(C(=O)N2CCCC(CNC(=O)C3CCCN3)C2)cn1. The molecule has 2 N–H and O–H groups in total. The highest BCUT2D eigenvalue weighted by Gasteiger charge is 2.27. The third-order valence-corrected chi connectivity index (χ3v) is 5.20. The molecule has 0 aliphatic carbocycles. The van der Waals surface area contributed by atoms with Gasteiger partial charge in [0.25, 0.3) is 5.91 Å². The quantitative estimate of drug-likeness (QED) is 0.816. The molecule has 2 atom stereocenters. The number of piperidine rings is 1. The van der Waals surface area contributed by atoms with Crippen molar-refractivity contribution in [1.82, 2.24) is 20.5 Å². The van der Waals surface area contributed by atoms with Crippen LogP contribution in [0, 0.1) is 5.92 Å². The van der Waals surface area contributed by atoms with Crippen LogP contribution in [0.1, 0.15) is 36.0 Å². The summed E-state index contributed by atoms with van der Waals surface area (Å²) in [4.78, 5) is 33.0. The van der Waals surface area contributed by atoms with Crippen LogP contribution in [0.2, 0.25) is 0 Å². The van der Waals surface area contributed by atoms with Gasteiger partial charge >= 0.3 is 0 Å². The Bertz CT molecular complexity index is 625. The highest BCUT2D eigenvalue weighted by atomic mass is 16.2. The van der Waals surface area contributed by atoms with Gasteiger partial charge in [-0.05, 0) is 50.3 Å². The van der Waals surface area contributed by atoms with E-state index in [1.165, 1.54) is 0 Å². The monoisotopic (exact) mass is 359 g/mol. The lowest BCUT2D eigenvalue weighted by Crippen LogP contribution is -2.46. The maximum atomic E-state index is 12.7. The number of likely N-dealkylation sites (tertiary alicyclic amines) is 1. The van der Waals surface area contributed by atoms with E-state index < -0.39 is 0 Å². The number of carbonyl (C=O) groups is 2. The molecule has 0 aromatic carbocycles. The third-order valence-electron chi connectivity index (χ3n) is 5.20. The molecule has 0 bridgehead atoms. The average Bonchev–Trinajstić information content (AvgIpc) is 3.21. The number of rotatable bonds is 5. The number of anilines is 1. The van der Waals surface area contributed by atoms with Crippen LogP contribution in [0.25, 0.3) is 0 Å². The predicted molar refractivity (Wildman–Crippen MR) is 101 cm³/mol. The number of aromatic nitrogens is 1. The maximum absolute atomic E-state index is 12.7. The minimum Gasteiger partial charge on any atom is -0.363 e. The lowest BCUT2D eigenvalue weighted by Gasteiger charge is -2.33. The Morgan fingerprint density at radius 2 is 2.15 bits per heavy atom. The van der Waals surface area contributed by atoms with Gasteiger partial charge in [-0.15, -0.1) is 0 Å². The van der Waals surface area contributed by atoms with E-state index >= 15 is 0 Å². The van der Waals surface area contributed by atoms with E-state index in [2.05, 4.69) is 15.6 Å². The smallest absolute Gasteiger partial charge is 0.255 e. The molecule has 0 spiro atoms. The second-order valence-electron chi connectivity index (χ2n) is 7.45. The van der Waals surface area contributed by atoms with E-state index in [0.29, 0.717) is 24.6 Å². The van der Waals surface area contributed by atoms with Gasteiger partial charge in [0, 0.05) is 39.9 Å². The van der Waals surface area contributed by atoms with Crippen molar-refractivity contribution in [3.05, 3.63) is 23.9 Å². The van der Waals surface area contributed by atoms with E-state index in [9.17, 15) is 9.59 Å². The highest BCUT2D eigenvalue weighted by molar-refractivity contribution is 5.94. The Balaban J connectivity index is 1.52. The van der Waals surface area contributed by atoms with E-state index in [1.54, 1.807) is 6.20 Å². The molecule has 3 rings (SSSR count). The molecule has 0 saturated carbocycles. The molecule has 2 aliphatic rings.